The lowest BCUT2D eigenvalue weighted by Gasteiger charge is -2.23. The minimum absolute atomic E-state index is 0.539. The number of rotatable bonds is 4. The summed E-state index contributed by atoms with van der Waals surface area (Å²) in [6.07, 6.45) is 3.85. The Balaban J connectivity index is 1.61. The fourth-order valence-corrected chi connectivity index (χ4v) is 2.77. The Hall–Kier alpha value is -1.74. The zero-order chi connectivity index (χ0) is 13.2. The zero-order valence-corrected chi connectivity index (χ0v) is 11.3. The van der Waals surface area contributed by atoms with Crippen molar-refractivity contribution in [3.05, 3.63) is 53.5 Å². The van der Waals surface area contributed by atoms with Crippen molar-refractivity contribution in [3.8, 4) is 0 Å². The highest BCUT2D eigenvalue weighted by Gasteiger charge is 2.24. The molecule has 3 heteroatoms. The van der Waals surface area contributed by atoms with Gasteiger partial charge in [-0.15, -0.1) is 0 Å². The summed E-state index contributed by atoms with van der Waals surface area (Å²) in [5, 5.41) is 0. The minimum atomic E-state index is 0.539. The lowest BCUT2D eigenvalue weighted by atomic mass is 10.1. The van der Waals surface area contributed by atoms with E-state index in [4.69, 9.17) is 10.2 Å². The van der Waals surface area contributed by atoms with Crippen molar-refractivity contribution in [1.29, 1.82) is 0 Å². The molecule has 0 saturated carbocycles. The maximum absolute atomic E-state index is 6.04. The van der Waals surface area contributed by atoms with E-state index in [1.807, 2.05) is 24.3 Å². The van der Waals surface area contributed by atoms with Crippen molar-refractivity contribution in [2.45, 2.75) is 38.9 Å². The maximum atomic E-state index is 6.04. The van der Waals surface area contributed by atoms with Gasteiger partial charge in [-0.1, -0.05) is 12.1 Å². The summed E-state index contributed by atoms with van der Waals surface area (Å²) in [4.78, 5) is 2.49. The van der Waals surface area contributed by atoms with Gasteiger partial charge in [0.1, 0.15) is 5.76 Å². The topological polar surface area (TPSA) is 42.4 Å². The second kappa shape index (κ2) is 5.10. The monoisotopic (exact) mass is 256 g/mol. The fourth-order valence-electron chi connectivity index (χ4n) is 2.77. The molecule has 0 spiro atoms. The number of furan rings is 1. The van der Waals surface area contributed by atoms with Crippen molar-refractivity contribution >= 4 is 5.69 Å². The molecule has 0 amide bonds. The molecule has 1 atom stereocenters. The lowest BCUT2D eigenvalue weighted by molar-refractivity contribution is 0.201. The molecule has 1 unspecified atom stereocenters. The van der Waals surface area contributed by atoms with Gasteiger partial charge in [-0.2, -0.15) is 0 Å². The average molecular weight is 256 g/mol. The van der Waals surface area contributed by atoms with E-state index in [0.29, 0.717) is 6.04 Å². The Bertz CT molecular complexity index is 548. The van der Waals surface area contributed by atoms with Crippen molar-refractivity contribution < 1.29 is 4.42 Å². The molecule has 0 bridgehead atoms. The van der Waals surface area contributed by atoms with E-state index in [9.17, 15) is 0 Å². The molecule has 2 aromatic rings. The van der Waals surface area contributed by atoms with Crippen LogP contribution in [0.25, 0.3) is 0 Å². The smallest absolute Gasteiger partial charge is 0.103 e. The Morgan fingerprint density at radius 1 is 1.26 bits per heavy atom. The summed E-state index contributed by atoms with van der Waals surface area (Å²) in [5.74, 6) is 1.07. The molecule has 3 rings (SSSR count). The van der Waals surface area contributed by atoms with Crippen LogP contribution in [0.2, 0.25) is 0 Å². The SMILES string of the molecule is CC(CCc1ccco1)N1Cc2cccc(N)c2C1. The van der Waals surface area contributed by atoms with Crippen LogP contribution in [0.3, 0.4) is 0 Å². The molecule has 0 fully saturated rings. The molecule has 1 aromatic heterocycles. The predicted molar refractivity (Wildman–Crippen MR) is 76.6 cm³/mol. The number of fused-ring (bicyclic) bond motifs is 1. The van der Waals surface area contributed by atoms with Gasteiger partial charge in [-0.05, 0) is 42.7 Å². The molecule has 0 aliphatic carbocycles. The third-order valence-corrected chi connectivity index (χ3v) is 4.06. The highest BCUT2D eigenvalue weighted by molar-refractivity contribution is 5.52. The Morgan fingerprint density at radius 2 is 2.16 bits per heavy atom. The quantitative estimate of drug-likeness (QED) is 0.854. The molecule has 1 aliphatic heterocycles. The first-order valence-corrected chi connectivity index (χ1v) is 6.86. The molecule has 2 N–H and O–H groups in total. The Morgan fingerprint density at radius 3 is 2.89 bits per heavy atom. The standard InChI is InChI=1S/C16H20N2O/c1-12(7-8-14-5-3-9-19-14)18-10-13-4-2-6-16(17)15(13)11-18/h2-6,9,12H,7-8,10-11,17H2,1H3. The second-order valence-corrected chi connectivity index (χ2v) is 5.36. The molecular formula is C16H20N2O. The van der Waals surface area contributed by atoms with Gasteiger partial charge in [0.05, 0.1) is 6.26 Å². The first-order valence-electron chi connectivity index (χ1n) is 6.86. The van der Waals surface area contributed by atoms with Gasteiger partial charge >= 0.3 is 0 Å². The fraction of sp³-hybridized carbons (Fsp3) is 0.375. The normalized spacial score (nSPS) is 16.5. The van der Waals surface area contributed by atoms with Crippen LogP contribution >= 0.6 is 0 Å². The van der Waals surface area contributed by atoms with E-state index in [-0.39, 0.29) is 0 Å². The summed E-state index contributed by atoms with van der Waals surface area (Å²) in [7, 11) is 0. The van der Waals surface area contributed by atoms with Crippen LogP contribution in [-0.4, -0.2) is 10.9 Å². The summed E-state index contributed by atoms with van der Waals surface area (Å²) in [6.45, 7) is 4.27. The average Bonchev–Trinajstić information content (AvgIpc) is 3.05. The lowest BCUT2D eigenvalue weighted by Crippen LogP contribution is -2.28. The highest BCUT2D eigenvalue weighted by atomic mass is 16.3. The largest absolute Gasteiger partial charge is 0.469 e. The number of nitrogens with zero attached hydrogens (tertiary/aromatic N) is 1. The first kappa shape index (κ1) is 12.3. The van der Waals surface area contributed by atoms with E-state index in [0.717, 1.165) is 37.4 Å². The molecule has 1 aromatic carbocycles. The Kier molecular flexibility index (Phi) is 3.30. The van der Waals surface area contributed by atoms with Crippen LogP contribution in [0.1, 0.15) is 30.2 Å². The van der Waals surface area contributed by atoms with Crippen molar-refractivity contribution in [1.82, 2.24) is 4.90 Å². The van der Waals surface area contributed by atoms with Gasteiger partial charge < -0.3 is 10.2 Å². The van der Waals surface area contributed by atoms with Crippen LogP contribution in [-0.2, 0) is 19.5 Å². The summed E-state index contributed by atoms with van der Waals surface area (Å²) in [5.41, 5.74) is 9.66. The zero-order valence-electron chi connectivity index (χ0n) is 11.3. The van der Waals surface area contributed by atoms with E-state index < -0.39 is 0 Å². The maximum Gasteiger partial charge on any atom is 0.103 e. The molecule has 19 heavy (non-hydrogen) atoms. The first-order chi connectivity index (χ1) is 9.24. The van der Waals surface area contributed by atoms with Gasteiger partial charge in [0, 0.05) is 31.2 Å². The molecule has 3 nitrogen and oxygen atoms in total. The summed E-state index contributed by atoms with van der Waals surface area (Å²) in [6, 6.07) is 10.8. The number of hydrogen-bond acceptors (Lipinski definition) is 3. The minimum Gasteiger partial charge on any atom is -0.469 e. The number of nitrogens with two attached hydrogens (primary N) is 1. The van der Waals surface area contributed by atoms with Gasteiger partial charge in [0.2, 0.25) is 0 Å². The van der Waals surface area contributed by atoms with Gasteiger partial charge in [0.15, 0.2) is 0 Å². The van der Waals surface area contributed by atoms with Crippen molar-refractivity contribution in [2.24, 2.45) is 0 Å². The van der Waals surface area contributed by atoms with Gasteiger partial charge in [0.25, 0.3) is 0 Å². The van der Waals surface area contributed by atoms with E-state index in [1.54, 1.807) is 6.26 Å². The number of aryl methyl sites for hydroxylation is 1. The van der Waals surface area contributed by atoms with E-state index in [2.05, 4.69) is 17.9 Å². The van der Waals surface area contributed by atoms with Crippen molar-refractivity contribution in [2.75, 3.05) is 5.73 Å². The highest BCUT2D eigenvalue weighted by Crippen LogP contribution is 2.29. The Labute approximate surface area is 114 Å². The molecular weight excluding hydrogens is 236 g/mol. The summed E-state index contributed by atoms with van der Waals surface area (Å²) < 4.78 is 5.39. The van der Waals surface area contributed by atoms with Crippen LogP contribution in [0.15, 0.2) is 41.0 Å². The summed E-state index contributed by atoms with van der Waals surface area (Å²) >= 11 is 0. The second-order valence-electron chi connectivity index (χ2n) is 5.36. The third-order valence-electron chi connectivity index (χ3n) is 4.06. The number of benzene rings is 1. The van der Waals surface area contributed by atoms with E-state index in [1.165, 1.54) is 11.1 Å². The molecule has 0 saturated heterocycles. The molecule has 1 aliphatic rings. The van der Waals surface area contributed by atoms with Gasteiger partial charge in [-0.3, -0.25) is 4.90 Å². The van der Waals surface area contributed by atoms with E-state index >= 15 is 0 Å². The van der Waals surface area contributed by atoms with Crippen LogP contribution < -0.4 is 5.73 Å². The third kappa shape index (κ3) is 2.51. The molecule has 0 radical (unpaired) electrons. The van der Waals surface area contributed by atoms with Crippen LogP contribution in [0, 0.1) is 0 Å². The van der Waals surface area contributed by atoms with Crippen LogP contribution in [0.4, 0.5) is 5.69 Å². The molecule has 2 heterocycles. The molecule has 100 valence electrons. The van der Waals surface area contributed by atoms with Crippen molar-refractivity contribution in [3.63, 3.8) is 0 Å². The number of nitrogen functional groups attached to an aromatic ring is 1. The van der Waals surface area contributed by atoms with Crippen LogP contribution in [0.5, 0.6) is 0 Å². The predicted octanol–water partition coefficient (Wildman–Crippen LogP) is 3.20. The number of anilines is 1. The van der Waals surface area contributed by atoms with Gasteiger partial charge in [-0.25, -0.2) is 0 Å². The number of hydrogen-bond donors (Lipinski definition) is 1.